The largest absolute Gasteiger partial charge is 0.481 e. The van der Waals surface area contributed by atoms with Crippen molar-refractivity contribution in [3.8, 4) is 0 Å². The van der Waals surface area contributed by atoms with Gasteiger partial charge in [-0.1, -0.05) is 30.3 Å². The Morgan fingerprint density at radius 3 is 2.48 bits per heavy atom. The number of aryl methyl sites for hydroxylation is 1. The maximum atomic E-state index is 13.1. The SMILES string of the molecule is Cn1cc(C(C(=O)O)c2ccc(F)cc2)c2ccccc21. The smallest absolute Gasteiger partial charge is 0.315 e. The molecular formula is C17H14FNO2. The summed E-state index contributed by atoms with van der Waals surface area (Å²) < 4.78 is 15.0. The van der Waals surface area contributed by atoms with E-state index in [4.69, 9.17) is 0 Å². The zero-order chi connectivity index (χ0) is 15.0. The van der Waals surface area contributed by atoms with Gasteiger partial charge in [-0.05, 0) is 29.3 Å². The maximum absolute atomic E-state index is 13.1. The molecule has 0 aliphatic rings. The Kier molecular flexibility index (Phi) is 3.22. The van der Waals surface area contributed by atoms with E-state index in [1.165, 1.54) is 24.3 Å². The third-order valence-electron chi connectivity index (χ3n) is 3.69. The lowest BCUT2D eigenvalue weighted by molar-refractivity contribution is -0.137. The van der Waals surface area contributed by atoms with E-state index in [1.807, 2.05) is 42.1 Å². The van der Waals surface area contributed by atoms with Gasteiger partial charge in [-0.3, -0.25) is 4.79 Å². The number of rotatable bonds is 3. The van der Waals surface area contributed by atoms with Crippen LogP contribution in [0, 0.1) is 5.82 Å². The summed E-state index contributed by atoms with van der Waals surface area (Å²) in [5.41, 5.74) is 2.26. The van der Waals surface area contributed by atoms with E-state index in [0.29, 0.717) is 11.1 Å². The normalized spacial score (nSPS) is 12.5. The molecule has 3 nitrogen and oxygen atoms in total. The molecule has 0 radical (unpaired) electrons. The van der Waals surface area contributed by atoms with Crippen molar-refractivity contribution in [3.63, 3.8) is 0 Å². The average Bonchev–Trinajstić information content (AvgIpc) is 2.79. The molecule has 1 unspecified atom stereocenters. The number of carboxylic acids is 1. The van der Waals surface area contributed by atoms with Gasteiger partial charge in [0.2, 0.25) is 0 Å². The van der Waals surface area contributed by atoms with Crippen LogP contribution in [-0.4, -0.2) is 15.6 Å². The van der Waals surface area contributed by atoms with Gasteiger partial charge in [0, 0.05) is 24.1 Å². The fraction of sp³-hybridized carbons (Fsp3) is 0.118. The Balaban J connectivity index is 2.21. The fourth-order valence-corrected chi connectivity index (χ4v) is 2.71. The lowest BCUT2D eigenvalue weighted by atomic mass is 9.91. The fourth-order valence-electron chi connectivity index (χ4n) is 2.71. The predicted molar refractivity (Wildman–Crippen MR) is 78.8 cm³/mol. The number of fused-ring (bicyclic) bond motifs is 1. The summed E-state index contributed by atoms with van der Waals surface area (Å²) in [5, 5.41) is 10.5. The second-order valence-electron chi connectivity index (χ2n) is 5.04. The number of carboxylic acid groups (broad SMARTS) is 1. The summed E-state index contributed by atoms with van der Waals surface area (Å²) in [6.45, 7) is 0. The molecule has 106 valence electrons. The molecule has 0 fully saturated rings. The van der Waals surface area contributed by atoms with Crippen LogP contribution in [0.1, 0.15) is 17.0 Å². The molecule has 0 aliphatic carbocycles. The van der Waals surface area contributed by atoms with Gasteiger partial charge in [0.25, 0.3) is 0 Å². The standard InChI is InChI=1S/C17H14FNO2/c1-19-10-14(13-4-2-3-5-15(13)19)16(17(20)21)11-6-8-12(18)9-7-11/h2-10,16H,1H3,(H,20,21). The Morgan fingerprint density at radius 2 is 1.81 bits per heavy atom. The topological polar surface area (TPSA) is 42.2 Å². The van der Waals surface area contributed by atoms with Gasteiger partial charge in [-0.25, -0.2) is 4.39 Å². The number of carbonyl (C=O) groups is 1. The molecule has 4 heteroatoms. The quantitative estimate of drug-likeness (QED) is 0.799. The van der Waals surface area contributed by atoms with E-state index in [0.717, 1.165) is 10.9 Å². The van der Waals surface area contributed by atoms with E-state index in [2.05, 4.69) is 0 Å². The molecule has 1 N–H and O–H groups in total. The Hall–Kier alpha value is -2.62. The molecule has 0 aliphatic heterocycles. The van der Waals surface area contributed by atoms with Gasteiger partial charge in [-0.15, -0.1) is 0 Å². The van der Waals surface area contributed by atoms with Crippen LogP contribution in [0.15, 0.2) is 54.7 Å². The summed E-state index contributed by atoms with van der Waals surface area (Å²) in [6, 6.07) is 13.3. The van der Waals surface area contributed by atoms with E-state index < -0.39 is 11.9 Å². The third-order valence-corrected chi connectivity index (χ3v) is 3.69. The summed E-state index contributed by atoms with van der Waals surface area (Å²) in [5.74, 6) is -2.13. The van der Waals surface area contributed by atoms with Crippen LogP contribution in [0.25, 0.3) is 10.9 Å². The first-order valence-electron chi connectivity index (χ1n) is 6.60. The number of para-hydroxylation sites is 1. The number of aliphatic carboxylic acids is 1. The van der Waals surface area contributed by atoms with Crippen molar-refractivity contribution in [1.82, 2.24) is 4.57 Å². The van der Waals surface area contributed by atoms with Gasteiger partial charge in [0.15, 0.2) is 0 Å². The van der Waals surface area contributed by atoms with E-state index in [-0.39, 0.29) is 5.82 Å². The molecule has 0 spiro atoms. The lowest BCUT2D eigenvalue weighted by Crippen LogP contribution is -2.12. The van der Waals surface area contributed by atoms with Crippen molar-refractivity contribution in [3.05, 3.63) is 71.7 Å². The molecule has 21 heavy (non-hydrogen) atoms. The van der Waals surface area contributed by atoms with Crippen molar-refractivity contribution in [2.45, 2.75) is 5.92 Å². The minimum Gasteiger partial charge on any atom is -0.481 e. The van der Waals surface area contributed by atoms with Crippen LogP contribution in [0.4, 0.5) is 4.39 Å². The molecule has 1 heterocycles. The molecule has 2 aromatic carbocycles. The van der Waals surface area contributed by atoms with Crippen LogP contribution in [0.5, 0.6) is 0 Å². The van der Waals surface area contributed by atoms with Gasteiger partial charge < -0.3 is 9.67 Å². The second kappa shape index (κ2) is 5.05. The molecule has 0 saturated carbocycles. The highest BCUT2D eigenvalue weighted by atomic mass is 19.1. The molecule has 3 rings (SSSR count). The van der Waals surface area contributed by atoms with E-state index in [1.54, 1.807) is 0 Å². The highest BCUT2D eigenvalue weighted by Gasteiger charge is 2.25. The zero-order valence-electron chi connectivity index (χ0n) is 11.5. The predicted octanol–water partition coefficient (Wildman–Crippen LogP) is 3.53. The first-order valence-corrected chi connectivity index (χ1v) is 6.60. The molecule has 0 saturated heterocycles. The zero-order valence-corrected chi connectivity index (χ0v) is 11.5. The van der Waals surface area contributed by atoms with Crippen molar-refractivity contribution in [2.24, 2.45) is 7.05 Å². The lowest BCUT2D eigenvalue weighted by Gasteiger charge is -2.12. The number of hydrogen-bond donors (Lipinski definition) is 1. The molecule has 1 atom stereocenters. The van der Waals surface area contributed by atoms with E-state index in [9.17, 15) is 14.3 Å². The Morgan fingerprint density at radius 1 is 1.14 bits per heavy atom. The van der Waals surface area contributed by atoms with Crippen LogP contribution in [0.3, 0.4) is 0 Å². The molecular weight excluding hydrogens is 269 g/mol. The first kappa shape index (κ1) is 13.4. The van der Waals surface area contributed by atoms with Crippen LogP contribution >= 0.6 is 0 Å². The molecule has 3 aromatic rings. The maximum Gasteiger partial charge on any atom is 0.315 e. The number of hydrogen-bond acceptors (Lipinski definition) is 1. The minimum absolute atomic E-state index is 0.374. The summed E-state index contributed by atoms with van der Waals surface area (Å²) in [7, 11) is 1.88. The summed E-state index contributed by atoms with van der Waals surface area (Å²) >= 11 is 0. The van der Waals surface area contributed by atoms with Crippen molar-refractivity contribution < 1.29 is 14.3 Å². The Labute approximate surface area is 121 Å². The number of nitrogens with zero attached hydrogens (tertiary/aromatic N) is 1. The number of halogens is 1. The molecule has 0 amide bonds. The van der Waals surface area contributed by atoms with Crippen molar-refractivity contribution in [1.29, 1.82) is 0 Å². The van der Waals surface area contributed by atoms with Gasteiger partial charge in [0.05, 0.1) is 0 Å². The minimum atomic E-state index is -0.946. The van der Waals surface area contributed by atoms with Crippen LogP contribution < -0.4 is 0 Å². The highest BCUT2D eigenvalue weighted by Crippen LogP contribution is 2.32. The number of aromatic nitrogens is 1. The average molecular weight is 283 g/mol. The molecule has 1 aromatic heterocycles. The van der Waals surface area contributed by atoms with Gasteiger partial charge in [-0.2, -0.15) is 0 Å². The van der Waals surface area contributed by atoms with Crippen LogP contribution in [0.2, 0.25) is 0 Å². The van der Waals surface area contributed by atoms with Gasteiger partial charge in [0.1, 0.15) is 11.7 Å². The van der Waals surface area contributed by atoms with Crippen molar-refractivity contribution in [2.75, 3.05) is 0 Å². The second-order valence-corrected chi connectivity index (χ2v) is 5.04. The Bertz CT molecular complexity index is 805. The van der Waals surface area contributed by atoms with Crippen molar-refractivity contribution >= 4 is 16.9 Å². The highest BCUT2D eigenvalue weighted by molar-refractivity contribution is 5.91. The summed E-state index contributed by atoms with van der Waals surface area (Å²) in [4.78, 5) is 11.7. The summed E-state index contributed by atoms with van der Waals surface area (Å²) in [6.07, 6.45) is 1.83. The van der Waals surface area contributed by atoms with Crippen LogP contribution in [-0.2, 0) is 11.8 Å². The van der Waals surface area contributed by atoms with E-state index >= 15 is 0 Å². The number of benzene rings is 2. The third kappa shape index (κ3) is 2.29. The molecule has 0 bridgehead atoms. The van der Waals surface area contributed by atoms with Gasteiger partial charge >= 0.3 is 5.97 Å². The monoisotopic (exact) mass is 283 g/mol. The first-order chi connectivity index (χ1) is 10.1.